The Labute approximate surface area is 249 Å². The summed E-state index contributed by atoms with van der Waals surface area (Å²) in [6, 6.07) is 8.82. The highest BCUT2D eigenvalue weighted by Crippen LogP contribution is 2.50. The number of likely N-dealkylation sites (tertiary alicyclic amines) is 1. The number of amides is 1. The molecule has 0 bridgehead atoms. The molecule has 2 aromatic carbocycles. The molecule has 0 radical (unpaired) electrons. The van der Waals surface area contributed by atoms with E-state index in [0.717, 1.165) is 23.2 Å². The molecule has 2 heterocycles. The van der Waals surface area contributed by atoms with Crippen molar-refractivity contribution in [1.82, 2.24) is 19.2 Å². The Morgan fingerprint density at radius 3 is 2.60 bits per heavy atom. The van der Waals surface area contributed by atoms with E-state index in [9.17, 15) is 22.9 Å². The van der Waals surface area contributed by atoms with E-state index in [-0.39, 0.29) is 41.2 Å². The van der Waals surface area contributed by atoms with Gasteiger partial charge in [0.2, 0.25) is 5.88 Å². The number of rotatable bonds is 8. The number of aromatic nitrogens is 2. The van der Waals surface area contributed by atoms with Crippen molar-refractivity contribution < 1.29 is 31.8 Å². The van der Waals surface area contributed by atoms with Crippen molar-refractivity contribution in [2.45, 2.75) is 52.2 Å². The minimum atomic E-state index is -3.97. The lowest BCUT2D eigenvalue weighted by atomic mass is 9.62. The van der Waals surface area contributed by atoms with Gasteiger partial charge in [0, 0.05) is 32.1 Å². The highest BCUT2D eigenvalue weighted by molar-refractivity contribution is 7.90. The molecule has 0 atom stereocenters. The predicted octanol–water partition coefficient (Wildman–Crippen LogP) is 4.82. The van der Waals surface area contributed by atoms with Crippen molar-refractivity contribution >= 4 is 32.9 Å². The van der Waals surface area contributed by atoms with Crippen LogP contribution in [0.3, 0.4) is 0 Å². The van der Waals surface area contributed by atoms with E-state index >= 15 is 0 Å². The van der Waals surface area contributed by atoms with Crippen molar-refractivity contribution in [3.05, 3.63) is 48.0 Å². The van der Waals surface area contributed by atoms with Crippen molar-refractivity contribution in [3.8, 4) is 23.4 Å². The van der Waals surface area contributed by atoms with E-state index in [1.807, 2.05) is 26.8 Å². The fourth-order valence-corrected chi connectivity index (χ4v) is 6.10. The number of hydrogen-bond acceptors (Lipinski definition) is 9. The molecule has 1 amide bonds. The van der Waals surface area contributed by atoms with Crippen LogP contribution in [0.2, 0.25) is 0 Å². The lowest BCUT2D eigenvalue weighted by Crippen LogP contribution is -2.66. The molecule has 2 aliphatic rings. The van der Waals surface area contributed by atoms with E-state index in [2.05, 4.69) is 14.7 Å². The van der Waals surface area contributed by atoms with Crippen LogP contribution < -0.4 is 14.2 Å². The number of ether oxygens (including phenoxy) is 3. The van der Waals surface area contributed by atoms with Gasteiger partial charge in [-0.1, -0.05) is 6.92 Å². The molecule has 1 aliphatic heterocycles. The van der Waals surface area contributed by atoms with Crippen LogP contribution in [0.25, 0.3) is 10.9 Å². The summed E-state index contributed by atoms with van der Waals surface area (Å²) < 4.78 is 60.8. The number of halogens is 1. The SMILES string of the molecule is CCN(C)S(=O)(=O)Nc1ccc(F)c(Oc2ccc3ncnc(OC4CC5(C4)CN(C(=O)OC(C)(C)C)C5)c3c2)c1C#N. The maximum atomic E-state index is 14.9. The van der Waals surface area contributed by atoms with Crippen LogP contribution in [0.5, 0.6) is 17.4 Å². The molecular formula is C29H33FN6O6S. The maximum absolute atomic E-state index is 14.9. The Hall–Kier alpha value is -4.22. The fourth-order valence-electron chi connectivity index (χ4n) is 5.15. The predicted molar refractivity (Wildman–Crippen MR) is 155 cm³/mol. The maximum Gasteiger partial charge on any atom is 0.410 e. The standard InChI is InChI=1S/C29H33FN6O6S/c1-6-35(5)43(38,39)34-24-10-8-22(30)25(21(24)14-31)40-18-7-9-23-20(11-18)26(33-17-32-23)41-19-12-29(13-19)15-36(16-29)27(37)42-28(2,3)4/h7-11,17,19,34H,6,12-13,15-16H2,1-5H3. The number of fused-ring (bicyclic) bond motifs is 1. The third-order valence-electron chi connectivity index (χ3n) is 7.41. The average Bonchev–Trinajstić information content (AvgIpc) is 2.89. The second kappa shape index (κ2) is 11.1. The molecule has 12 nitrogen and oxygen atoms in total. The van der Waals surface area contributed by atoms with Crippen molar-refractivity contribution in [2.75, 3.05) is 31.4 Å². The zero-order valence-electron chi connectivity index (χ0n) is 24.5. The molecule has 1 aliphatic carbocycles. The molecular weight excluding hydrogens is 579 g/mol. The number of nitrogens with zero attached hydrogens (tertiary/aromatic N) is 5. The smallest absolute Gasteiger partial charge is 0.410 e. The number of nitriles is 1. The molecule has 1 spiro atoms. The van der Waals surface area contributed by atoms with Crippen molar-refractivity contribution in [3.63, 3.8) is 0 Å². The first-order valence-electron chi connectivity index (χ1n) is 13.8. The third-order valence-corrected chi connectivity index (χ3v) is 8.97. The Morgan fingerprint density at radius 1 is 1.23 bits per heavy atom. The van der Waals surface area contributed by atoms with Gasteiger partial charge in [-0.15, -0.1) is 0 Å². The highest BCUT2D eigenvalue weighted by Gasteiger charge is 2.55. The Bertz CT molecular complexity index is 1710. The second-order valence-corrected chi connectivity index (χ2v) is 13.7. The topological polar surface area (TPSA) is 147 Å². The van der Waals surface area contributed by atoms with Crippen LogP contribution >= 0.6 is 0 Å². The third kappa shape index (κ3) is 6.28. The van der Waals surface area contributed by atoms with E-state index in [0.29, 0.717) is 29.9 Å². The lowest BCUT2D eigenvalue weighted by Gasteiger charge is -2.57. The molecule has 1 N–H and O–H groups in total. The normalized spacial score (nSPS) is 16.4. The van der Waals surface area contributed by atoms with Gasteiger partial charge in [0.15, 0.2) is 11.6 Å². The molecule has 3 aromatic rings. The van der Waals surface area contributed by atoms with Crippen LogP contribution in [-0.2, 0) is 14.9 Å². The van der Waals surface area contributed by atoms with Gasteiger partial charge in [0.05, 0.1) is 16.6 Å². The number of nitrogens with one attached hydrogen (secondary N) is 1. The summed E-state index contributed by atoms with van der Waals surface area (Å²) in [5.41, 5.74) is -0.406. The zero-order valence-corrected chi connectivity index (χ0v) is 25.4. The minimum Gasteiger partial charge on any atom is -0.474 e. The molecule has 1 saturated heterocycles. The Balaban J connectivity index is 1.31. The molecule has 228 valence electrons. The van der Waals surface area contributed by atoms with Gasteiger partial charge in [-0.3, -0.25) is 4.72 Å². The largest absolute Gasteiger partial charge is 0.474 e. The Kier molecular flexibility index (Phi) is 7.82. The summed E-state index contributed by atoms with van der Waals surface area (Å²) in [5.74, 6) is -0.778. The first kappa shape index (κ1) is 30.2. The summed E-state index contributed by atoms with van der Waals surface area (Å²) in [4.78, 5) is 22.6. The van der Waals surface area contributed by atoms with Gasteiger partial charge in [-0.25, -0.2) is 19.2 Å². The number of hydrogen-bond donors (Lipinski definition) is 1. The molecule has 14 heteroatoms. The van der Waals surface area contributed by atoms with E-state index < -0.39 is 27.4 Å². The van der Waals surface area contributed by atoms with Gasteiger partial charge in [0.1, 0.15) is 35.4 Å². The van der Waals surface area contributed by atoms with Crippen molar-refractivity contribution in [2.24, 2.45) is 5.41 Å². The first-order chi connectivity index (χ1) is 20.2. The summed E-state index contributed by atoms with van der Waals surface area (Å²) in [6.07, 6.45) is 2.46. The van der Waals surface area contributed by atoms with Gasteiger partial charge >= 0.3 is 16.3 Å². The Morgan fingerprint density at radius 2 is 1.95 bits per heavy atom. The first-order valence-corrected chi connectivity index (χ1v) is 15.2. The van der Waals surface area contributed by atoms with Crippen LogP contribution in [0.15, 0.2) is 36.7 Å². The van der Waals surface area contributed by atoms with E-state index in [4.69, 9.17) is 14.2 Å². The summed E-state index contributed by atoms with van der Waals surface area (Å²) >= 11 is 0. The fraction of sp³-hybridized carbons (Fsp3) is 0.448. The van der Waals surface area contributed by atoms with Crippen LogP contribution in [0.1, 0.15) is 46.1 Å². The van der Waals surface area contributed by atoms with Crippen LogP contribution in [-0.4, -0.2) is 72.1 Å². The summed E-state index contributed by atoms with van der Waals surface area (Å²) in [7, 11) is -2.59. The molecule has 43 heavy (non-hydrogen) atoms. The van der Waals surface area contributed by atoms with Gasteiger partial charge in [-0.2, -0.15) is 18.0 Å². The minimum absolute atomic E-state index is 0.00235. The van der Waals surface area contributed by atoms with E-state index in [1.54, 1.807) is 30.0 Å². The summed E-state index contributed by atoms with van der Waals surface area (Å²) in [6.45, 7) is 8.58. The average molecular weight is 613 g/mol. The van der Waals surface area contributed by atoms with Crippen molar-refractivity contribution in [1.29, 1.82) is 5.26 Å². The quantitative estimate of drug-likeness (QED) is 0.378. The van der Waals surface area contributed by atoms with Crippen LogP contribution in [0.4, 0.5) is 14.9 Å². The monoisotopic (exact) mass is 612 g/mol. The molecule has 5 rings (SSSR count). The number of benzene rings is 2. The van der Waals surface area contributed by atoms with E-state index in [1.165, 1.54) is 19.4 Å². The van der Waals surface area contributed by atoms with Gasteiger partial charge in [-0.05, 0) is 63.9 Å². The van der Waals surface area contributed by atoms with Gasteiger partial charge in [0.25, 0.3) is 0 Å². The zero-order chi connectivity index (χ0) is 31.2. The number of carbonyl (C=O) groups excluding carboxylic acids is 1. The number of anilines is 1. The second-order valence-electron chi connectivity index (χ2n) is 11.9. The summed E-state index contributed by atoms with van der Waals surface area (Å²) in [5, 5.41) is 10.3. The van der Waals surface area contributed by atoms with Gasteiger partial charge < -0.3 is 19.1 Å². The lowest BCUT2D eigenvalue weighted by molar-refractivity contribution is -0.117. The molecule has 1 saturated carbocycles. The highest BCUT2D eigenvalue weighted by atomic mass is 32.2. The molecule has 1 aromatic heterocycles. The number of carbonyl (C=O) groups is 1. The van der Waals surface area contributed by atoms with Crippen LogP contribution in [0, 0.1) is 22.6 Å². The molecule has 0 unspecified atom stereocenters. The molecule has 2 fully saturated rings.